The predicted molar refractivity (Wildman–Crippen MR) is 199 cm³/mol. The summed E-state index contributed by atoms with van der Waals surface area (Å²) in [6, 6.07) is 7.21. The molecule has 1 aromatic carbocycles. The van der Waals surface area contributed by atoms with Crippen LogP contribution in [0.2, 0.25) is 0 Å². The Labute approximate surface area is 311 Å². The number of carbonyl (C=O) groups is 6. The van der Waals surface area contributed by atoms with Crippen LogP contribution < -0.4 is 32.7 Å². The fourth-order valence-corrected chi connectivity index (χ4v) is 5.87. The van der Waals surface area contributed by atoms with Gasteiger partial charge in [0.1, 0.15) is 12.1 Å². The summed E-state index contributed by atoms with van der Waals surface area (Å²) >= 11 is 0. The summed E-state index contributed by atoms with van der Waals surface area (Å²) in [5.74, 6) is -3.44. The summed E-state index contributed by atoms with van der Waals surface area (Å²) in [5, 5.41) is 29.9. The van der Waals surface area contributed by atoms with Gasteiger partial charge in [-0.05, 0) is 44.6 Å². The number of hydrogen-bond donors (Lipinski definition) is 8. The van der Waals surface area contributed by atoms with E-state index in [0.717, 1.165) is 5.56 Å². The lowest BCUT2D eigenvalue weighted by Crippen LogP contribution is -2.55. The average Bonchev–Trinajstić information content (AvgIpc) is 3.16. The van der Waals surface area contributed by atoms with Crippen LogP contribution in [-0.2, 0) is 35.2 Å². The van der Waals surface area contributed by atoms with Gasteiger partial charge in [-0.25, -0.2) is 0 Å². The van der Waals surface area contributed by atoms with Crippen molar-refractivity contribution in [2.24, 2.45) is 16.5 Å². The number of carbonyl (C=O) groups excluding carboxylic acids is 4. The van der Waals surface area contributed by atoms with Crippen LogP contribution in [0.5, 0.6) is 0 Å². The van der Waals surface area contributed by atoms with Crippen molar-refractivity contribution >= 4 is 41.5 Å². The van der Waals surface area contributed by atoms with E-state index in [1.54, 1.807) is 9.80 Å². The molecule has 18 nitrogen and oxygen atoms in total. The number of rotatable bonds is 22. The molecule has 0 aliphatic carbocycles. The van der Waals surface area contributed by atoms with E-state index in [1.807, 2.05) is 42.2 Å². The van der Waals surface area contributed by atoms with Crippen molar-refractivity contribution in [3.8, 4) is 0 Å². The lowest BCUT2D eigenvalue weighted by molar-refractivity contribution is -0.140. The molecule has 1 aromatic rings. The highest BCUT2D eigenvalue weighted by atomic mass is 16.4. The maximum Gasteiger partial charge on any atom is 0.317 e. The molecule has 2 rings (SSSR count). The normalized spacial score (nSPS) is 16.0. The van der Waals surface area contributed by atoms with Gasteiger partial charge in [-0.1, -0.05) is 30.3 Å². The standard InChI is InChI=1S/C35H58N10O8/c1-25(9-6-7-13-38-30(47)22-43-15-17-44(23-31(48)49)19-20-45(18-16-43)24-32(50)51)40-33(52)28(12-8-14-39-35(36)37)42-34(53)29(41-26(2)46)21-27-10-4-3-5-11-27/h3-5,10-11,25,28-29H,6-9,12-24H2,1-2H3,(H,38,47)(H,40,52)(H,41,46)(H,42,53)(H,48,49)(H,50,51)(H4,36,37,39)/t25-,28+,29+/m1/s1. The Morgan fingerprint density at radius 3 is 1.81 bits per heavy atom. The van der Waals surface area contributed by atoms with Crippen LogP contribution in [0.25, 0.3) is 0 Å². The van der Waals surface area contributed by atoms with Gasteiger partial charge in [-0.3, -0.25) is 48.5 Å². The largest absolute Gasteiger partial charge is 0.480 e. The van der Waals surface area contributed by atoms with Crippen molar-refractivity contribution in [2.45, 2.75) is 70.5 Å². The molecule has 53 heavy (non-hydrogen) atoms. The molecule has 296 valence electrons. The molecule has 0 aromatic heterocycles. The highest BCUT2D eigenvalue weighted by molar-refractivity contribution is 5.92. The van der Waals surface area contributed by atoms with Crippen LogP contribution in [0.4, 0.5) is 0 Å². The number of aliphatic imine (C=N–C) groups is 1. The maximum atomic E-state index is 13.4. The summed E-state index contributed by atoms with van der Waals surface area (Å²) in [6.45, 7) is 6.29. The molecule has 1 saturated heterocycles. The van der Waals surface area contributed by atoms with E-state index in [1.165, 1.54) is 6.92 Å². The first-order chi connectivity index (χ1) is 25.2. The first-order valence-corrected chi connectivity index (χ1v) is 18.1. The van der Waals surface area contributed by atoms with Crippen LogP contribution in [0, 0.1) is 0 Å². The van der Waals surface area contributed by atoms with Gasteiger partial charge in [0.25, 0.3) is 0 Å². The Bertz CT molecular complexity index is 1330. The number of nitrogens with one attached hydrogen (secondary N) is 4. The zero-order chi connectivity index (χ0) is 39.2. The summed E-state index contributed by atoms with van der Waals surface area (Å²) in [4.78, 5) is 83.3. The van der Waals surface area contributed by atoms with Crippen LogP contribution in [0.15, 0.2) is 35.3 Å². The van der Waals surface area contributed by atoms with Gasteiger partial charge in [0, 0.05) is 71.7 Å². The van der Waals surface area contributed by atoms with Crippen molar-refractivity contribution < 1.29 is 39.0 Å². The summed E-state index contributed by atoms with van der Waals surface area (Å²) in [6.07, 6.45) is 2.90. The number of unbranched alkanes of at least 4 members (excludes halogenated alkanes) is 1. The molecule has 0 bridgehead atoms. The Hall–Kier alpha value is -4.81. The van der Waals surface area contributed by atoms with Crippen molar-refractivity contribution in [3.63, 3.8) is 0 Å². The van der Waals surface area contributed by atoms with Gasteiger partial charge < -0.3 is 42.9 Å². The van der Waals surface area contributed by atoms with Crippen LogP contribution >= 0.6 is 0 Å². The third-order valence-corrected chi connectivity index (χ3v) is 8.61. The second kappa shape index (κ2) is 24.4. The number of hydrogen-bond acceptors (Lipinski definition) is 10. The molecule has 4 amide bonds. The van der Waals surface area contributed by atoms with Gasteiger partial charge in [0.2, 0.25) is 23.6 Å². The molecule has 1 heterocycles. The van der Waals surface area contributed by atoms with E-state index in [-0.39, 0.29) is 68.7 Å². The molecule has 3 atom stereocenters. The van der Waals surface area contributed by atoms with Crippen LogP contribution in [0.3, 0.4) is 0 Å². The third-order valence-electron chi connectivity index (χ3n) is 8.61. The molecule has 1 aliphatic heterocycles. The molecular formula is C35H58N10O8. The quantitative estimate of drug-likeness (QED) is 0.0369. The summed E-state index contributed by atoms with van der Waals surface area (Å²) in [5.41, 5.74) is 11.7. The molecule has 0 unspecified atom stereocenters. The molecule has 0 saturated carbocycles. The smallest absolute Gasteiger partial charge is 0.317 e. The Morgan fingerprint density at radius 1 is 0.736 bits per heavy atom. The minimum absolute atomic E-state index is 0.0742. The van der Waals surface area contributed by atoms with Gasteiger partial charge >= 0.3 is 11.9 Å². The lowest BCUT2D eigenvalue weighted by atomic mass is 10.0. The topological polar surface area (TPSA) is 265 Å². The number of amides is 4. The number of benzene rings is 1. The lowest BCUT2D eigenvalue weighted by Gasteiger charge is -2.25. The average molecular weight is 747 g/mol. The molecule has 10 N–H and O–H groups in total. The highest BCUT2D eigenvalue weighted by Gasteiger charge is 2.27. The van der Waals surface area contributed by atoms with Crippen LogP contribution in [-0.4, -0.2) is 157 Å². The SMILES string of the molecule is CC(=O)N[C@@H](Cc1ccccc1)C(=O)N[C@@H](CCCN=C(N)N)C(=O)N[C@H](C)CCCCNC(=O)CN1CCN(CC(=O)O)CCN(CC(=O)O)CC1. The van der Waals surface area contributed by atoms with E-state index in [4.69, 9.17) is 11.5 Å². The summed E-state index contributed by atoms with van der Waals surface area (Å²) < 4.78 is 0. The van der Waals surface area contributed by atoms with E-state index in [0.29, 0.717) is 71.5 Å². The fourth-order valence-electron chi connectivity index (χ4n) is 5.87. The van der Waals surface area contributed by atoms with Gasteiger partial charge in [0.15, 0.2) is 5.96 Å². The van der Waals surface area contributed by atoms with Gasteiger partial charge in [-0.15, -0.1) is 0 Å². The second-order valence-electron chi connectivity index (χ2n) is 13.3. The number of guanidine groups is 1. The number of carboxylic acid groups (broad SMARTS) is 2. The molecular weight excluding hydrogens is 688 g/mol. The van der Waals surface area contributed by atoms with E-state index >= 15 is 0 Å². The Balaban J connectivity index is 1.87. The number of nitrogens with two attached hydrogens (primary N) is 2. The Kier molecular flexibility index (Phi) is 20.4. The Morgan fingerprint density at radius 2 is 1.28 bits per heavy atom. The van der Waals surface area contributed by atoms with Crippen LogP contribution in [0.1, 0.15) is 51.5 Å². The summed E-state index contributed by atoms with van der Waals surface area (Å²) in [7, 11) is 0. The van der Waals surface area contributed by atoms with E-state index in [2.05, 4.69) is 26.3 Å². The van der Waals surface area contributed by atoms with Gasteiger partial charge in [-0.2, -0.15) is 0 Å². The van der Waals surface area contributed by atoms with E-state index in [9.17, 15) is 39.0 Å². The first-order valence-electron chi connectivity index (χ1n) is 18.1. The second-order valence-corrected chi connectivity index (χ2v) is 13.3. The molecule has 0 spiro atoms. The molecule has 1 fully saturated rings. The molecule has 0 radical (unpaired) electrons. The zero-order valence-corrected chi connectivity index (χ0v) is 30.9. The molecule has 1 aliphatic rings. The van der Waals surface area contributed by atoms with Gasteiger partial charge in [0.05, 0.1) is 19.6 Å². The predicted octanol–water partition coefficient (Wildman–Crippen LogP) is -1.85. The number of carboxylic acids is 2. The van der Waals surface area contributed by atoms with E-state index < -0.39 is 29.9 Å². The minimum atomic E-state index is -0.968. The fraction of sp³-hybridized carbons (Fsp3) is 0.629. The monoisotopic (exact) mass is 746 g/mol. The third kappa shape index (κ3) is 20.1. The van der Waals surface area contributed by atoms with Crippen molar-refractivity contribution in [1.82, 2.24) is 36.0 Å². The first kappa shape index (κ1) is 44.4. The maximum absolute atomic E-state index is 13.4. The van der Waals surface area contributed by atoms with Crippen molar-refractivity contribution in [2.75, 3.05) is 72.0 Å². The number of aliphatic carboxylic acids is 2. The highest BCUT2D eigenvalue weighted by Crippen LogP contribution is 2.08. The molecule has 18 heteroatoms. The zero-order valence-electron chi connectivity index (χ0n) is 30.9. The minimum Gasteiger partial charge on any atom is -0.480 e. The van der Waals surface area contributed by atoms with Crippen molar-refractivity contribution in [1.29, 1.82) is 0 Å². The van der Waals surface area contributed by atoms with Crippen molar-refractivity contribution in [3.05, 3.63) is 35.9 Å². The number of nitrogens with zero attached hydrogens (tertiary/aromatic N) is 4.